The number of nitrogens with zero attached hydrogens (tertiary/aromatic N) is 4. The monoisotopic (exact) mass is 304 g/mol. The summed E-state index contributed by atoms with van der Waals surface area (Å²) in [5.74, 6) is -0.352. The van der Waals surface area contributed by atoms with Crippen molar-refractivity contribution in [2.75, 3.05) is 19.6 Å². The van der Waals surface area contributed by atoms with E-state index in [-0.39, 0.29) is 43.2 Å². The van der Waals surface area contributed by atoms with Crippen LogP contribution >= 0.6 is 0 Å². The number of carbonyl (C=O) groups excluding carboxylic acids is 3. The molecular formula is C14H16N4O4. The standard InChI is InChI=1S/C14H16N4O4/c19-12-3-4-13(20)18(12)9-14(21)17-7-5-10(8-17)22-11-2-1-6-15-16-11/h1-2,6,10H,3-5,7-9H2. The quantitative estimate of drug-likeness (QED) is 0.703. The number of likely N-dealkylation sites (tertiary alicyclic amines) is 2. The molecule has 8 nitrogen and oxygen atoms in total. The molecule has 1 aromatic rings. The molecule has 2 aliphatic heterocycles. The second kappa shape index (κ2) is 6.08. The number of ether oxygens (including phenoxy) is 1. The van der Waals surface area contributed by atoms with E-state index in [4.69, 9.17) is 4.74 Å². The lowest BCUT2D eigenvalue weighted by molar-refractivity contribution is -0.145. The molecule has 0 saturated carbocycles. The minimum Gasteiger partial charge on any atom is -0.471 e. The van der Waals surface area contributed by atoms with Gasteiger partial charge < -0.3 is 9.64 Å². The fourth-order valence-corrected chi connectivity index (χ4v) is 2.61. The van der Waals surface area contributed by atoms with Crippen LogP contribution in [0.25, 0.3) is 0 Å². The van der Waals surface area contributed by atoms with Gasteiger partial charge in [-0.3, -0.25) is 19.3 Å². The van der Waals surface area contributed by atoms with E-state index in [9.17, 15) is 14.4 Å². The van der Waals surface area contributed by atoms with Crippen molar-refractivity contribution in [2.24, 2.45) is 0 Å². The summed E-state index contributed by atoms with van der Waals surface area (Å²) >= 11 is 0. The van der Waals surface area contributed by atoms with Crippen molar-refractivity contribution in [3.05, 3.63) is 18.3 Å². The Balaban J connectivity index is 1.53. The summed E-state index contributed by atoms with van der Waals surface area (Å²) in [5.41, 5.74) is 0. The lowest BCUT2D eigenvalue weighted by Crippen LogP contribution is -2.42. The first-order valence-electron chi connectivity index (χ1n) is 7.19. The van der Waals surface area contributed by atoms with Crippen LogP contribution in [0.4, 0.5) is 0 Å². The maximum Gasteiger partial charge on any atom is 0.242 e. The van der Waals surface area contributed by atoms with E-state index in [2.05, 4.69) is 10.2 Å². The Labute approximate surface area is 127 Å². The Morgan fingerprint density at radius 1 is 1.32 bits per heavy atom. The van der Waals surface area contributed by atoms with Crippen molar-refractivity contribution >= 4 is 17.7 Å². The first-order valence-corrected chi connectivity index (χ1v) is 7.19. The molecule has 0 aromatic carbocycles. The normalized spacial score (nSPS) is 21.5. The van der Waals surface area contributed by atoms with E-state index in [1.807, 2.05) is 0 Å². The molecule has 3 heterocycles. The molecule has 8 heteroatoms. The van der Waals surface area contributed by atoms with Crippen LogP contribution in [0.5, 0.6) is 5.88 Å². The zero-order valence-electron chi connectivity index (χ0n) is 12.0. The number of carbonyl (C=O) groups is 3. The molecule has 0 spiro atoms. The maximum atomic E-state index is 12.2. The summed E-state index contributed by atoms with van der Waals surface area (Å²) in [4.78, 5) is 37.9. The van der Waals surface area contributed by atoms with Gasteiger partial charge in [0, 0.05) is 38.1 Å². The SMILES string of the molecule is O=C(CN1C(=O)CCC1=O)N1CCC(Oc2cccnn2)C1. The second-order valence-electron chi connectivity index (χ2n) is 5.30. The van der Waals surface area contributed by atoms with Crippen molar-refractivity contribution in [3.8, 4) is 5.88 Å². The number of imide groups is 1. The topological polar surface area (TPSA) is 92.7 Å². The molecule has 0 aliphatic carbocycles. The molecule has 0 bridgehead atoms. The highest BCUT2D eigenvalue weighted by Gasteiger charge is 2.34. The van der Waals surface area contributed by atoms with Crippen LogP contribution in [0.2, 0.25) is 0 Å². The van der Waals surface area contributed by atoms with Crippen molar-refractivity contribution in [1.29, 1.82) is 0 Å². The summed E-state index contributed by atoms with van der Waals surface area (Å²) in [6.45, 7) is 0.793. The zero-order valence-corrected chi connectivity index (χ0v) is 12.0. The molecule has 3 amide bonds. The third-order valence-corrected chi connectivity index (χ3v) is 3.78. The van der Waals surface area contributed by atoms with Gasteiger partial charge in [0.2, 0.25) is 23.6 Å². The summed E-state index contributed by atoms with van der Waals surface area (Å²) in [7, 11) is 0. The van der Waals surface area contributed by atoms with E-state index in [1.165, 1.54) is 0 Å². The lowest BCUT2D eigenvalue weighted by atomic mass is 10.3. The average molecular weight is 304 g/mol. The van der Waals surface area contributed by atoms with E-state index < -0.39 is 0 Å². The van der Waals surface area contributed by atoms with E-state index in [0.29, 0.717) is 25.4 Å². The Kier molecular flexibility index (Phi) is 3.99. The molecule has 0 N–H and O–H groups in total. The smallest absolute Gasteiger partial charge is 0.242 e. The molecule has 22 heavy (non-hydrogen) atoms. The molecule has 116 valence electrons. The van der Waals surface area contributed by atoms with Gasteiger partial charge in [-0.2, -0.15) is 5.10 Å². The summed E-state index contributed by atoms with van der Waals surface area (Å²) in [5, 5.41) is 7.57. The van der Waals surface area contributed by atoms with Crippen molar-refractivity contribution in [2.45, 2.75) is 25.4 Å². The van der Waals surface area contributed by atoms with Crippen molar-refractivity contribution in [3.63, 3.8) is 0 Å². The van der Waals surface area contributed by atoms with Crippen molar-refractivity contribution < 1.29 is 19.1 Å². The highest BCUT2D eigenvalue weighted by Crippen LogP contribution is 2.17. The van der Waals surface area contributed by atoms with Gasteiger partial charge in [0.25, 0.3) is 0 Å². The molecule has 1 unspecified atom stereocenters. The minimum absolute atomic E-state index is 0.148. The van der Waals surface area contributed by atoms with Crippen molar-refractivity contribution in [1.82, 2.24) is 20.0 Å². The second-order valence-corrected chi connectivity index (χ2v) is 5.30. The number of rotatable bonds is 4. The summed E-state index contributed by atoms with van der Waals surface area (Å²) < 4.78 is 5.65. The first kappa shape index (κ1) is 14.4. The number of hydrogen-bond acceptors (Lipinski definition) is 6. The molecule has 2 fully saturated rings. The fourth-order valence-electron chi connectivity index (χ4n) is 2.61. The van der Waals surface area contributed by atoms with Crippen LogP contribution in [0.15, 0.2) is 18.3 Å². The number of aromatic nitrogens is 2. The van der Waals surface area contributed by atoms with Gasteiger partial charge in [0.05, 0.1) is 6.54 Å². The lowest BCUT2D eigenvalue weighted by Gasteiger charge is -2.20. The number of hydrogen-bond donors (Lipinski definition) is 0. The highest BCUT2D eigenvalue weighted by molar-refractivity contribution is 6.04. The maximum absolute atomic E-state index is 12.2. The van der Waals surface area contributed by atoms with Crippen LogP contribution in [0, 0.1) is 0 Å². The Hall–Kier alpha value is -2.51. The Morgan fingerprint density at radius 2 is 2.09 bits per heavy atom. The predicted octanol–water partition coefficient (Wildman–Crippen LogP) is -0.395. The van der Waals surface area contributed by atoms with E-state index in [0.717, 1.165) is 4.90 Å². The average Bonchev–Trinajstić information content (AvgIpc) is 3.10. The van der Waals surface area contributed by atoms with Gasteiger partial charge in [0.1, 0.15) is 12.6 Å². The first-order chi connectivity index (χ1) is 10.6. The molecule has 0 radical (unpaired) electrons. The third kappa shape index (κ3) is 3.05. The van der Waals surface area contributed by atoms with Crippen LogP contribution in [-0.2, 0) is 14.4 Å². The highest BCUT2D eigenvalue weighted by atomic mass is 16.5. The van der Waals surface area contributed by atoms with Gasteiger partial charge in [-0.1, -0.05) is 0 Å². The van der Waals surface area contributed by atoms with E-state index >= 15 is 0 Å². The molecule has 2 aliphatic rings. The van der Waals surface area contributed by atoms with Gasteiger partial charge in [-0.15, -0.1) is 5.10 Å². The molecule has 2 saturated heterocycles. The van der Waals surface area contributed by atoms with E-state index in [1.54, 1.807) is 23.2 Å². The molecule has 1 aromatic heterocycles. The Bertz CT molecular complexity index is 576. The van der Waals surface area contributed by atoms with Gasteiger partial charge in [-0.25, -0.2) is 0 Å². The molecule has 3 rings (SSSR count). The Morgan fingerprint density at radius 3 is 2.77 bits per heavy atom. The van der Waals surface area contributed by atoms with Gasteiger partial charge >= 0.3 is 0 Å². The van der Waals surface area contributed by atoms with Crippen LogP contribution in [0.1, 0.15) is 19.3 Å². The van der Waals surface area contributed by atoms with Gasteiger partial charge in [-0.05, 0) is 6.07 Å². The zero-order chi connectivity index (χ0) is 15.5. The number of amides is 3. The summed E-state index contributed by atoms with van der Waals surface area (Å²) in [6, 6.07) is 3.43. The van der Waals surface area contributed by atoms with Crippen LogP contribution < -0.4 is 4.74 Å². The fraction of sp³-hybridized carbons (Fsp3) is 0.500. The molecule has 1 atom stereocenters. The third-order valence-electron chi connectivity index (χ3n) is 3.78. The minimum atomic E-state index is -0.273. The van der Waals surface area contributed by atoms with Crippen LogP contribution in [-0.4, -0.2) is 63.5 Å². The summed E-state index contributed by atoms with van der Waals surface area (Å²) in [6.07, 6.45) is 2.49. The van der Waals surface area contributed by atoms with Gasteiger partial charge in [0.15, 0.2) is 0 Å². The largest absolute Gasteiger partial charge is 0.471 e. The predicted molar refractivity (Wildman–Crippen MR) is 73.6 cm³/mol. The van der Waals surface area contributed by atoms with Crippen LogP contribution in [0.3, 0.4) is 0 Å². The molecular weight excluding hydrogens is 288 g/mol.